The van der Waals surface area contributed by atoms with Gasteiger partial charge in [-0.1, -0.05) is 51.4 Å². The van der Waals surface area contributed by atoms with E-state index in [4.69, 9.17) is 0 Å². The van der Waals surface area contributed by atoms with Crippen LogP contribution in [-0.2, 0) is 11.2 Å². The molecule has 1 aromatic heterocycles. The van der Waals surface area contributed by atoms with E-state index in [0.29, 0.717) is 5.13 Å². The first-order chi connectivity index (χ1) is 9.21. The zero-order chi connectivity index (χ0) is 14.1. The highest BCUT2D eigenvalue weighted by atomic mass is 32.1. The molecule has 0 saturated carbocycles. The lowest BCUT2D eigenvalue weighted by Gasteiger charge is -2.13. The van der Waals surface area contributed by atoms with Gasteiger partial charge in [0.1, 0.15) is 5.01 Å². The molecule has 1 aromatic rings. The summed E-state index contributed by atoms with van der Waals surface area (Å²) in [5, 5.41) is 12.7. The van der Waals surface area contributed by atoms with Gasteiger partial charge in [0.25, 0.3) is 0 Å². The molecule has 1 rings (SSSR count). The first kappa shape index (κ1) is 16.1. The van der Waals surface area contributed by atoms with Gasteiger partial charge < -0.3 is 5.32 Å². The number of carbonyl (C=O) groups excluding carboxylic acids is 1. The summed E-state index contributed by atoms with van der Waals surface area (Å²) in [5.74, 6) is 0.208. The summed E-state index contributed by atoms with van der Waals surface area (Å²) in [6.45, 7) is 6.39. The monoisotopic (exact) mass is 283 g/mol. The van der Waals surface area contributed by atoms with E-state index < -0.39 is 0 Å². The van der Waals surface area contributed by atoms with Gasteiger partial charge in [-0.15, -0.1) is 10.2 Å². The molecule has 0 radical (unpaired) electrons. The number of aryl methyl sites for hydroxylation is 1. The minimum atomic E-state index is 0.0990. The summed E-state index contributed by atoms with van der Waals surface area (Å²) in [7, 11) is 0. The molecule has 1 amide bonds. The van der Waals surface area contributed by atoms with Crippen LogP contribution in [0.3, 0.4) is 0 Å². The Balaban J connectivity index is 2.52. The summed E-state index contributed by atoms with van der Waals surface area (Å²) in [5.41, 5.74) is 0. The predicted octanol–water partition coefficient (Wildman–Crippen LogP) is 4.04. The Morgan fingerprint density at radius 1 is 1.16 bits per heavy atom. The van der Waals surface area contributed by atoms with Crippen molar-refractivity contribution in [3.8, 4) is 0 Å². The predicted molar refractivity (Wildman–Crippen MR) is 80.5 cm³/mol. The first-order valence-corrected chi connectivity index (χ1v) is 8.16. The molecular formula is C14H25N3OS. The van der Waals surface area contributed by atoms with Crippen molar-refractivity contribution in [3.63, 3.8) is 0 Å². The molecule has 4 nitrogen and oxygen atoms in total. The fourth-order valence-corrected chi connectivity index (χ4v) is 2.83. The molecule has 0 aliphatic heterocycles. The van der Waals surface area contributed by atoms with E-state index >= 15 is 0 Å². The van der Waals surface area contributed by atoms with E-state index in [9.17, 15) is 4.79 Å². The molecule has 0 unspecified atom stereocenters. The second-order valence-electron chi connectivity index (χ2n) is 4.87. The molecule has 0 aliphatic rings. The van der Waals surface area contributed by atoms with Crippen LogP contribution in [0.2, 0.25) is 0 Å². The highest BCUT2D eigenvalue weighted by molar-refractivity contribution is 7.15. The SMILES string of the molecule is CCCCc1nnc(NC(=O)C(CCC)CCC)s1. The number of hydrogen-bond acceptors (Lipinski definition) is 4. The van der Waals surface area contributed by atoms with Crippen molar-refractivity contribution in [2.75, 3.05) is 5.32 Å². The van der Waals surface area contributed by atoms with Crippen molar-refractivity contribution in [1.82, 2.24) is 10.2 Å². The molecular weight excluding hydrogens is 258 g/mol. The summed E-state index contributed by atoms with van der Waals surface area (Å²) in [6, 6.07) is 0. The number of hydrogen-bond donors (Lipinski definition) is 1. The normalized spacial score (nSPS) is 10.9. The number of unbranched alkanes of at least 4 members (excludes halogenated alkanes) is 1. The minimum Gasteiger partial charge on any atom is -0.300 e. The van der Waals surface area contributed by atoms with Gasteiger partial charge >= 0.3 is 0 Å². The molecule has 0 aromatic carbocycles. The van der Waals surface area contributed by atoms with E-state index in [0.717, 1.165) is 50.0 Å². The highest BCUT2D eigenvalue weighted by Gasteiger charge is 2.18. The molecule has 0 atom stereocenters. The van der Waals surface area contributed by atoms with Crippen molar-refractivity contribution in [3.05, 3.63) is 5.01 Å². The molecule has 1 N–H and O–H groups in total. The molecule has 0 fully saturated rings. The Hall–Kier alpha value is -0.970. The van der Waals surface area contributed by atoms with Crippen LogP contribution in [-0.4, -0.2) is 16.1 Å². The second kappa shape index (κ2) is 9.02. The fourth-order valence-electron chi connectivity index (χ4n) is 2.04. The number of nitrogens with one attached hydrogen (secondary N) is 1. The molecule has 5 heteroatoms. The van der Waals surface area contributed by atoms with Gasteiger partial charge in [-0.05, 0) is 19.3 Å². The van der Waals surface area contributed by atoms with Crippen molar-refractivity contribution >= 4 is 22.4 Å². The lowest BCUT2D eigenvalue weighted by Crippen LogP contribution is -2.22. The van der Waals surface area contributed by atoms with Crippen molar-refractivity contribution < 1.29 is 4.79 Å². The average Bonchev–Trinajstić information content (AvgIpc) is 2.83. The smallest absolute Gasteiger partial charge is 0.229 e. The molecule has 108 valence electrons. The Labute approximate surface area is 120 Å². The molecule has 0 saturated heterocycles. The summed E-state index contributed by atoms with van der Waals surface area (Å²) >= 11 is 1.50. The highest BCUT2D eigenvalue weighted by Crippen LogP contribution is 2.20. The third-order valence-corrected chi connectivity index (χ3v) is 3.98. The van der Waals surface area contributed by atoms with Crippen LogP contribution in [0.1, 0.15) is 64.3 Å². The largest absolute Gasteiger partial charge is 0.300 e. The lowest BCUT2D eigenvalue weighted by atomic mass is 9.97. The number of rotatable bonds is 9. The van der Waals surface area contributed by atoms with Crippen LogP contribution in [0.5, 0.6) is 0 Å². The molecule has 0 spiro atoms. The zero-order valence-electron chi connectivity index (χ0n) is 12.2. The van der Waals surface area contributed by atoms with Gasteiger partial charge in [-0.25, -0.2) is 0 Å². The third-order valence-electron chi connectivity index (χ3n) is 3.09. The van der Waals surface area contributed by atoms with E-state index in [-0.39, 0.29) is 11.8 Å². The van der Waals surface area contributed by atoms with Crippen LogP contribution in [0, 0.1) is 5.92 Å². The van der Waals surface area contributed by atoms with Gasteiger partial charge in [-0.3, -0.25) is 4.79 Å². The van der Waals surface area contributed by atoms with Gasteiger partial charge in [0, 0.05) is 12.3 Å². The van der Waals surface area contributed by atoms with E-state index in [1.807, 2.05) is 0 Å². The molecule has 19 heavy (non-hydrogen) atoms. The number of carbonyl (C=O) groups is 1. The van der Waals surface area contributed by atoms with Crippen LogP contribution in [0.25, 0.3) is 0 Å². The number of nitrogens with zero attached hydrogens (tertiary/aromatic N) is 2. The molecule has 0 bridgehead atoms. The van der Waals surface area contributed by atoms with E-state index in [2.05, 4.69) is 36.3 Å². The quantitative estimate of drug-likeness (QED) is 0.744. The maximum atomic E-state index is 12.1. The van der Waals surface area contributed by atoms with Crippen LogP contribution in [0.4, 0.5) is 5.13 Å². The average molecular weight is 283 g/mol. The van der Waals surface area contributed by atoms with Crippen LogP contribution in [0.15, 0.2) is 0 Å². The van der Waals surface area contributed by atoms with Gasteiger partial charge in [0.2, 0.25) is 11.0 Å². The second-order valence-corrected chi connectivity index (χ2v) is 5.93. The number of anilines is 1. The van der Waals surface area contributed by atoms with Gasteiger partial charge in [-0.2, -0.15) is 0 Å². The van der Waals surface area contributed by atoms with Crippen LogP contribution < -0.4 is 5.32 Å². The Bertz CT molecular complexity index is 373. The Morgan fingerprint density at radius 3 is 2.42 bits per heavy atom. The molecule has 1 heterocycles. The topological polar surface area (TPSA) is 54.9 Å². The maximum Gasteiger partial charge on any atom is 0.229 e. The summed E-state index contributed by atoms with van der Waals surface area (Å²) in [4.78, 5) is 12.1. The Morgan fingerprint density at radius 2 is 1.84 bits per heavy atom. The lowest BCUT2D eigenvalue weighted by molar-refractivity contribution is -0.120. The van der Waals surface area contributed by atoms with E-state index in [1.54, 1.807) is 0 Å². The standard InChI is InChI=1S/C14H25N3OS/c1-4-7-10-12-16-17-14(19-12)15-13(18)11(8-5-2)9-6-3/h11H,4-10H2,1-3H3,(H,15,17,18). The minimum absolute atomic E-state index is 0.0990. The van der Waals surface area contributed by atoms with Crippen molar-refractivity contribution in [2.24, 2.45) is 5.92 Å². The maximum absolute atomic E-state index is 12.1. The summed E-state index contributed by atoms with van der Waals surface area (Å²) < 4.78 is 0. The van der Waals surface area contributed by atoms with Gasteiger partial charge in [0.05, 0.1) is 0 Å². The number of amides is 1. The van der Waals surface area contributed by atoms with Crippen molar-refractivity contribution in [2.45, 2.75) is 65.7 Å². The fraction of sp³-hybridized carbons (Fsp3) is 0.786. The Kier molecular flexibility index (Phi) is 7.63. The third kappa shape index (κ3) is 5.68. The first-order valence-electron chi connectivity index (χ1n) is 7.34. The van der Waals surface area contributed by atoms with Gasteiger partial charge in [0.15, 0.2) is 0 Å². The summed E-state index contributed by atoms with van der Waals surface area (Å²) in [6.07, 6.45) is 7.19. The zero-order valence-corrected chi connectivity index (χ0v) is 13.1. The van der Waals surface area contributed by atoms with E-state index in [1.165, 1.54) is 11.3 Å². The molecule has 0 aliphatic carbocycles. The number of aromatic nitrogens is 2. The van der Waals surface area contributed by atoms with Crippen molar-refractivity contribution in [1.29, 1.82) is 0 Å². The van der Waals surface area contributed by atoms with Crippen LogP contribution >= 0.6 is 11.3 Å².